The Kier molecular flexibility index (Phi) is 4.67. The molecule has 0 saturated heterocycles. The molecule has 0 aliphatic heterocycles. The van der Waals surface area contributed by atoms with Gasteiger partial charge in [0, 0.05) is 25.1 Å². The highest BCUT2D eigenvalue weighted by Crippen LogP contribution is 2.23. The van der Waals surface area contributed by atoms with Gasteiger partial charge in [-0.1, -0.05) is 6.92 Å². The smallest absolute Gasteiger partial charge is 0.222 e. The molecule has 0 spiro atoms. The van der Waals surface area contributed by atoms with Crippen LogP contribution >= 0.6 is 0 Å². The zero-order valence-electron chi connectivity index (χ0n) is 12.7. The molecule has 1 atom stereocenters. The molecular weight excluding hydrogens is 268 g/mol. The van der Waals surface area contributed by atoms with E-state index in [0.29, 0.717) is 18.9 Å². The third kappa shape index (κ3) is 3.45. The number of ether oxygens (including phenoxy) is 1. The molecule has 2 rings (SSSR count). The molecule has 0 fully saturated rings. The summed E-state index contributed by atoms with van der Waals surface area (Å²) in [7, 11) is 1.61. The van der Waals surface area contributed by atoms with Crippen molar-refractivity contribution in [1.82, 2.24) is 14.9 Å². The number of fused-ring (bicyclic) bond motifs is 1. The first-order valence-electron chi connectivity index (χ1n) is 7.14. The number of aryl methyl sites for hydroxylation is 1. The number of nitrogens with one attached hydrogen (secondary N) is 1. The van der Waals surface area contributed by atoms with Crippen LogP contribution in [0.3, 0.4) is 0 Å². The zero-order valence-corrected chi connectivity index (χ0v) is 12.7. The summed E-state index contributed by atoms with van der Waals surface area (Å²) in [5.74, 6) is 1.18. The molecule has 6 nitrogen and oxygen atoms in total. The number of imidazole rings is 1. The van der Waals surface area contributed by atoms with Crippen LogP contribution in [0, 0.1) is 0 Å². The van der Waals surface area contributed by atoms with Crippen molar-refractivity contribution in [3.63, 3.8) is 0 Å². The van der Waals surface area contributed by atoms with Crippen LogP contribution in [0.1, 0.15) is 26.7 Å². The van der Waals surface area contributed by atoms with Gasteiger partial charge in [0.2, 0.25) is 11.9 Å². The van der Waals surface area contributed by atoms with Crippen molar-refractivity contribution in [2.24, 2.45) is 0 Å². The minimum atomic E-state index is 0.0270. The molecule has 1 amide bonds. The lowest BCUT2D eigenvalue weighted by molar-refractivity contribution is -0.121. The van der Waals surface area contributed by atoms with E-state index in [-0.39, 0.29) is 11.9 Å². The number of aromatic nitrogens is 2. The summed E-state index contributed by atoms with van der Waals surface area (Å²) in [6.07, 6.45) is 1.30. The fourth-order valence-electron chi connectivity index (χ4n) is 2.15. The Morgan fingerprint density at radius 2 is 2.29 bits per heavy atom. The van der Waals surface area contributed by atoms with Crippen LogP contribution in [-0.2, 0) is 11.3 Å². The molecule has 1 heterocycles. The summed E-state index contributed by atoms with van der Waals surface area (Å²) >= 11 is 0. The van der Waals surface area contributed by atoms with Gasteiger partial charge in [-0.05, 0) is 25.5 Å². The van der Waals surface area contributed by atoms with Crippen LogP contribution in [0.2, 0.25) is 0 Å². The minimum absolute atomic E-state index is 0.0270. The molecule has 114 valence electrons. The average molecular weight is 290 g/mol. The lowest BCUT2D eigenvalue weighted by Gasteiger charge is -2.12. The van der Waals surface area contributed by atoms with Gasteiger partial charge < -0.3 is 20.4 Å². The van der Waals surface area contributed by atoms with Crippen LogP contribution in [-0.4, -0.2) is 28.6 Å². The average Bonchev–Trinajstić information content (AvgIpc) is 2.79. The molecule has 21 heavy (non-hydrogen) atoms. The van der Waals surface area contributed by atoms with E-state index >= 15 is 0 Å². The Labute approximate surface area is 124 Å². The van der Waals surface area contributed by atoms with Crippen molar-refractivity contribution >= 4 is 22.9 Å². The van der Waals surface area contributed by atoms with E-state index in [0.717, 1.165) is 23.2 Å². The number of hydrogen-bond donors (Lipinski definition) is 2. The van der Waals surface area contributed by atoms with E-state index in [1.807, 2.05) is 36.6 Å². The predicted octanol–water partition coefficient (Wildman–Crippen LogP) is 1.93. The van der Waals surface area contributed by atoms with Crippen LogP contribution in [0.15, 0.2) is 18.2 Å². The molecular formula is C15H22N4O2. The van der Waals surface area contributed by atoms with E-state index in [4.69, 9.17) is 10.5 Å². The number of benzene rings is 1. The summed E-state index contributed by atoms with van der Waals surface area (Å²) in [5, 5.41) is 2.94. The summed E-state index contributed by atoms with van der Waals surface area (Å²) in [6.45, 7) is 4.54. The molecule has 1 unspecified atom stereocenters. The summed E-state index contributed by atoms with van der Waals surface area (Å²) < 4.78 is 7.02. The quantitative estimate of drug-likeness (QED) is 0.851. The van der Waals surface area contributed by atoms with Crippen LogP contribution < -0.4 is 15.8 Å². The number of nitrogens with zero attached hydrogens (tertiary/aromatic N) is 2. The summed E-state index contributed by atoms with van der Waals surface area (Å²) in [6, 6.07) is 5.80. The van der Waals surface area contributed by atoms with Gasteiger partial charge in [-0.2, -0.15) is 0 Å². The maximum absolute atomic E-state index is 11.8. The number of rotatable bonds is 6. The van der Waals surface area contributed by atoms with Gasteiger partial charge in [0.1, 0.15) is 5.75 Å². The first kappa shape index (κ1) is 15.2. The van der Waals surface area contributed by atoms with Gasteiger partial charge in [-0.25, -0.2) is 4.98 Å². The third-order valence-corrected chi connectivity index (χ3v) is 3.57. The molecule has 6 heteroatoms. The minimum Gasteiger partial charge on any atom is -0.497 e. The van der Waals surface area contributed by atoms with Crippen molar-refractivity contribution in [3.05, 3.63) is 18.2 Å². The van der Waals surface area contributed by atoms with Crippen LogP contribution in [0.5, 0.6) is 5.75 Å². The van der Waals surface area contributed by atoms with Crippen molar-refractivity contribution in [3.8, 4) is 5.75 Å². The molecule has 3 N–H and O–H groups in total. The van der Waals surface area contributed by atoms with Crippen LogP contribution in [0.25, 0.3) is 11.0 Å². The van der Waals surface area contributed by atoms with E-state index < -0.39 is 0 Å². The van der Waals surface area contributed by atoms with Gasteiger partial charge in [-0.3, -0.25) is 4.79 Å². The van der Waals surface area contributed by atoms with Gasteiger partial charge >= 0.3 is 0 Å². The highest BCUT2D eigenvalue weighted by atomic mass is 16.5. The molecule has 1 aromatic heterocycles. The molecule has 0 saturated carbocycles. The number of nitrogens with two attached hydrogens (primary N) is 1. The highest BCUT2D eigenvalue weighted by Gasteiger charge is 2.11. The first-order valence-corrected chi connectivity index (χ1v) is 7.14. The van der Waals surface area contributed by atoms with Gasteiger partial charge in [-0.15, -0.1) is 0 Å². The summed E-state index contributed by atoms with van der Waals surface area (Å²) in [4.78, 5) is 16.2. The summed E-state index contributed by atoms with van der Waals surface area (Å²) in [5.41, 5.74) is 7.62. The number of anilines is 1. The third-order valence-electron chi connectivity index (χ3n) is 3.57. The standard InChI is InChI=1S/C15H22N4O2/c1-4-10(2)17-14(20)7-8-19-13-6-5-11(21-3)9-12(13)18-15(19)16/h5-6,9-10H,4,7-8H2,1-3H3,(H2,16,18)(H,17,20). The Hall–Kier alpha value is -2.24. The van der Waals surface area contributed by atoms with Crippen molar-refractivity contribution in [1.29, 1.82) is 0 Å². The lowest BCUT2D eigenvalue weighted by atomic mass is 10.2. The van der Waals surface area contributed by atoms with Crippen molar-refractivity contribution in [2.75, 3.05) is 12.8 Å². The van der Waals surface area contributed by atoms with Crippen LogP contribution in [0.4, 0.5) is 5.95 Å². The largest absolute Gasteiger partial charge is 0.497 e. The molecule has 0 bridgehead atoms. The highest BCUT2D eigenvalue weighted by molar-refractivity contribution is 5.80. The molecule has 0 radical (unpaired) electrons. The maximum Gasteiger partial charge on any atom is 0.222 e. The second kappa shape index (κ2) is 6.47. The van der Waals surface area contributed by atoms with Gasteiger partial charge in [0.25, 0.3) is 0 Å². The number of hydrogen-bond acceptors (Lipinski definition) is 4. The molecule has 2 aromatic rings. The fraction of sp³-hybridized carbons (Fsp3) is 0.467. The maximum atomic E-state index is 11.8. The number of nitrogen functional groups attached to an aromatic ring is 1. The number of amides is 1. The van der Waals surface area contributed by atoms with Gasteiger partial charge in [0.15, 0.2) is 0 Å². The number of carbonyl (C=O) groups is 1. The second-order valence-electron chi connectivity index (χ2n) is 5.10. The lowest BCUT2D eigenvalue weighted by Crippen LogP contribution is -2.32. The molecule has 1 aromatic carbocycles. The number of methoxy groups -OCH3 is 1. The van der Waals surface area contributed by atoms with E-state index in [9.17, 15) is 4.79 Å². The Morgan fingerprint density at radius 3 is 2.95 bits per heavy atom. The van der Waals surface area contributed by atoms with E-state index in [1.54, 1.807) is 7.11 Å². The first-order chi connectivity index (χ1) is 10.0. The monoisotopic (exact) mass is 290 g/mol. The zero-order chi connectivity index (χ0) is 15.4. The predicted molar refractivity (Wildman–Crippen MR) is 83.2 cm³/mol. The van der Waals surface area contributed by atoms with Crippen molar-refractivity contribution in [2.45, 2.75) is 39.3 Å². The Morgan fingerprint density at radius 1 is 1.52 bits per heavy atom. The van der Waals surface area contributed by atoms with Gasteiger partial charge in [0.05, 0.1) is 18.1 Å². The topological polar surface area (TPSA) is 82.2 Å². The Bertz CT molecular complexity index is 636. The fourth-order valence-corrected chi connectivity index (χ4v) is 2.15. The number of carbonyl (C=O) groups excluding carboxylic acids is 1. The molecule has 0 aliphatic rings. The SMILES string of the molecule is CCC(C)NC(=O)CCn1c(N)nc2cc(OC)ccc21. The second-order valence-corrected chi connectivity index (χ2v) is 5.10. The van der Waals surface area contributed by atoms with E-state index in [2.05, 4.69) is 10.3 Å². The van der Waals surface area contributed by atoms with E-state index in [1.165, 1.54) is 0 Å². The van der Waals surface area contributed by atoms with Crippen molar-refractivity contribution < 1.29 is 9.53 Å². The molecule has 0 aliphatic carbocycles. The Balaban J connectivity index is 2.11. The normalized spacial score (nSPS) is 12.3.